The first-order valence-electron chi connectivity index (χ1n) is 7.04. The Hall–Kier alpha value is -2.27. The Morgan fingerprint density at radius 2 is 1.64 bits per heavy atom. The van der Waals surface area contributed by atoms with Crippen molar-refractivity contribution in [3.63, 3.8) is 0 Å². The summed E-state index contributed by atoms with van der Waals surface area (Å²) in [5, 5.41) is 1.05. The molecule has 0 radical (unpaired) electrons. The number of hydrogen-bond acceptors (Lipinski definition) is 2. The molecular formula is C17H18N2O2S. The van der Waals surface area contributed by atoms with Crippen LogP contribution in [0, 0.1) is 20.8 Å². The van der Waals surface area contributed by atoms with Crippen molar-refractivity contribution in [2.45, 2.75) is 25.7 Å². The van der Waals surface area contributed by atoms with Gasteiger partial charge in [0.15, 0.2) is 0 Å². The molecule has 0 amide bonds. The minimum Gasteiger partial charge on any atom is -0.361 e. The Kier molecular flexibility index (Phi) is 3.45. The summed E-state index contributed by atoms with van der Waals surface area (Å²) in [6, 6.07) is 11.2. The standard InChI is InChI=1S/C17H18N2O2S/c1-11-8-12(2)17(13(3)9-11)22(20,21)19-15-5-4-14-6-7-18-16(14)10-15/h4-10,18-19H,1-3H3. The summed E-state index contributed by atoms with van der Waals surface area (Å²) in [7, 11) is -3.61. The Morgan fingerprint density at radius 1 is 0.955 bits per heavy atom. The van der Waals surface area contributed by atoms with Crippen molar-refractivity contribution in [1.29, 1.82) is 0 Å². The minimum atomic E-state index is -3.61. The lowest BCUT2D eigenvalue weighted by atomic mass is 10.1. The van der Waals surface area contributed by atoms with E-state index in [4.69, 9.17) is 0 Å². The number of H-pyrrole nitrogens is 1. The molecule has 22 heavy (non-hydrogen) atoms. The molecule has 1 aromatic heterocycles. The van der Waals surface area contributed by atoms with Crippen LogP contribution < -0.4 is 4.72 Å². The molecule has 0 aliphatic rings. The van der Waals surface area contributed by atoms with Gasteiger partial charge in [-0.15, -0.1) is 0 Å². The highest BCUT2D eigenvalue weighted by Gasteiger charge is 2.20. The number of benzene rings is 2. The Bertz CT molecular complexity index is 933. The van der Waals surface area contributed by atoms with Gasteiger partial charge < -0.3 is 4.98 Å². The number of aromatic nitrogens is 1. The topological polar surface area (TPSA) is 62.0 Å². The number of aromatic amines is 1. The molecule has 0 bridgehead atoms. The maximum Gasteiger partial charge on any atom is 0.262 e. The fraction of sp³-hybridized carbons (Fsp3) is 0.176. The fourth-order valence-corrected chi connectivity index (χ4v) is 4.41. The van der Waals surface area contributed by atoms with E-state index in [2.05, 4.69) is 9.71 Å². The molecule has 1 heterocycles. The molecule has 0 fully saturated rings. The van der Waals surface area contributed by atoms with Crippen LogP contribution in [-0.4, -0.2) is 13.4 Å². The van der Waals surface area contributed by atoms with Gasteiger partial charge in [-0.2, -0.15) is 0 Å². The molecule has 3 rings (SSSR count). The Balaban J connectivity index is 2.03. The third-order valence-corrected chi connectivity index (χ3v) is 5.37. The lowest BCUT2D eigenvalue weighted by Gasteiger charge is -2.14. The maximum atomic E-state index is 12.7. The zero-order valence-corrected chi connectivity index (χ0v) is 13.6. The first-order chi connectivity index (χ1) is 10.4. The Labute approximate surface area is 130 Å². The molecule has 0 aliphatic carbocycles. The quantitative estimate of drug-likeness (QED) is 0.770. The van der Waals surface area contributed by atoms with Gasteiger partial charge in [-0.1, -0.05) is 23.8 Å². The summed E-state index contributed by atoms with van der Waals surface area (Å²) in [5.74, 6) is 0. The first kappa shape index (κ1) is 14.7. The molecule has 5 heteroatoms. The van der Waals surface area contributed by atoms with E-state index in [0.717, 1.165) is 27.6 Å². The number of nitrogens with one attached hydrogen (secondary N) is 2. The molecule has 0 unspecified atom stereocenters. The predicted octanol–water partition coefficient (Wildman–Crippen LogP) is 3.89. The highest BCUT2D eigenvalue weighted by atomic mass is 32.2. The third kappa shape index (κ3) is 2.60. The van der Waals surface area contributed by atoms with Gasteiger partial charge in [-0.05, 0) is 55.5 Å². The van der Waals surface area contributed by atoms with Crippen LogP contribution >= 0.6 is 0 Å². The van der Waals surface area contributed by atoms with Gasteiger partial charge in [0.1, 0.15) is 0 Å². The normalized spacial score (nSPS) is 11.8. The van der Waals surface area contributed by atoms with Crippen LogP contribution in [0.1, 0.15) is 16.7 Å². The number of rotatable bonds is 3. The van der Waals surface area contributed by atoms with Crippen LogP contribution in [0.3, 0.4) is 0 Å². The van der Waals surface area contributed by atoms with Crippen molar-refractivity contribution in [3.05, 3.63) is 59.3 Å². The molecule has 0 atom stereocenters. The second-order valence-electron chi connectivity index (χ2n) is 5.61. The summed E-state index contributed by atoms with van der Waals surface area (Å²) in [5.41, 5.74) is 4.02. The molecule has 2 aromatic carbocycles. The van der Waals surface area contributed by atoms with Crippen molar-refractivity contribution in [2.24, 2.45) is 0 Å². The molecule has 4 nitrogen and oxygen atoms in total. The van der Waals surface area contributed by atoms with Crippen LogP contribution in [0.25, 0.3) is 10.9 Å². The maximum absolute atomic E-state index is 12.7. The van der Waals surface area contributed by atoms with E-state index in [1.165, 1.54) is 0 Å². The third-order valence-electron chi connectivity index (χ3n) is 3.68. The lowest BCUT2D eigenvalue weighted by molar-refractivity contribution is 0.600. The van der Waals surface area contributed by atoms with Crippen molar-refractivity contribution in [2.75, 3.05) is 4.72 Å². The summed E-state index contributed by atoms with van der Waals surface area (Å²) in [6.07, 6.45) is 1.83. The van der Waals surface area contributed by atoms with Crippen LogP contribution in [0.5, 0.6) is 0 Å². The number of fused-ring (bicyclic) bond motifs is 1. The van der Waals surface area contributed by atoms with E-state index in [-0.39, 0.29) is 0 Å². The lowest BCUT2D eigenvalue weighted by Crippen LogP contribution is -2.15. The fourth-order valence-electron chi connectivity index (χ4n) is 2.91. The van der Waals surface area contributed by atoms with Gasteiger partial charge in [0, 0.05) is 11.7 Å². The van der Waals surface area contributed by atoms with Crippen molar-refractivity contribution >= 4 is 26.6 Å². The highest BCUT2D eigenvalue weighted by Crippen LogP contribution is 2.25. The van der Waals surface area contributed by atoms with Crippen molar-refractivity contribution in [3.8, 4) is 0 Å². The molecule has 3 aromatic rings. The minimum absolute atomic E-state index is 0.352. The molecule has 0 saturated heterocycles. The number of hydrogen-bond donors (Lipinski definition) is 2. The smallest absolute Gasteiger partial charge is 0.262 e. The van der Waals surface area contributed by atoms with Gasteiger partial charge in [0.2, 0.25) is 0 Å². The van der Waals surface area contributed by atoms with Gasteiger partial charge in [0.25, 0.3) is 10.0 Å². The SMILES string of the molecule is Cc1cc(C)c(S(=O)(=O)Nc2ccc3cc[nH]c3c2)c(C)c1. The summed E-state index contributed by atoms with van der Waals surface area (Å²) in [6.45, 7) is 5.61. The molecule has 0 aliphatic heterocycles. The molecule has 114 valence electrons. The summed E-state index contributed by atoms with van der Waals surface area (Å²) in [4.78, 5) is 3.43. The second kappa shape index (κ2) is 5.18. The van der Waals surface area contributed by atoms with Crippen LogP contribution in [0.4, 0.5) is 5.69 Å². The van der Waals surface area contributed by atoms with Crippen LogP contribution in [0.15, 0.2) is 47.5 Å². The largest absolute Gasteiger partial charge is 0.361 e. The van der Waals surface area contributed by atoms with Gasteiger partial charge in [-0.25, -0.2) is 8.42 Å². The van der Waals surface area contributed by atoms with Crippen LogP contribution in [-0.2, 0) is 10.0 Å². The molecule has 2 N–H and O–H groups in total. The average molecular weight is 314 g/mol. The summed E-state index contributed by atoms with van der Waals surface area (Å²) < 4.78 is 28.1. The van der Waals surface area contributed by atoms with E-state index in [1.54, 1.807) is 12.1 Å². The monoisotopic (exact) mass is 314 g/mol. The van der Waals surface area contributed by atoms with E-state index < -0.39 is 10.0 Å². The second-order valence-corrected chi connectivity index (χ2v) is 7.23. The molecule has 0 spiro atoms. The van der Waals surface area contributed by atoms with Crippen molar-refractivity contribution < 1.29 is 8.42 Å². The zero-order chi connectivity index (χ0) is 15.9. The number of sulfonamides is 1. The van der Waals surface area contributed by atoms with Gasteiger partial charge >= 0.3 is 0 Å². The zero-order valence-electron chi connectivity index (χ0n) is 12.8. The molecular weight excluding hydrogens is 296 g/mol. The van der Waals surface area contributed by atoms with Gasteiger partial charge in [0.05, 0.1) is 10.6 Å². The predicted molar refractivity (Wildman–Crippen MR) is 89.8 cm³/mol. The van der Waals surface area contributed by atoms with E-state index >= 15 is 0 Å². The first-order valence-corrected chi connectivity index (χ1v) is 8.53. The molecule has 0 saturated carbocycles. The number of anilines is 1. The van der Waals surface area contributed by atoms with Crippen molar-refractivity contribution in [1.82, 2.24) is 4.98 Å². The summed E-state index contributed by atoms with van der Waals surface area (Å²) >= 11 is 0. The van der Waals surface area contributed by atoms with E-state index in [9.17, 15) is 8.42 Å². The highest BCUT2D eigenvalue weighted by molar-refractivity contribution is 7.92. The Morgan fingerprint density at radius 3 is 2.32 bits per heavy atom. The average Bonchev–Trinajstić information content (AvgIpc) is 2.83. The van der Waals surface area contributed by atoms with E-state index in [0.29, 0.717) is 10.6 Å². The van der Waals surface area contributed by atoms with Crippen LogP contribution in [0.2, 0.25) is 0 Å². The van der Waals surface area contributed by atoms with E-state index in [1.807, 2.05) is 51.2 Å². The number of aryl methyl sites for hydroxylation is 3. The van der Waals surface area contributed by atoms with Gasteiger partial charge in [-0.3, -0.25) is 4.72 Å².